The van der Waals surface area contributed by atoms with Crippen molar-refractivity contribution in [3.8, 4) is 11.1 Å². The van der Waals surface area contributed by atoms with Gasteiger partial charge in [-0.25, -0.2) is 0 Å². The molecule has 1 heterocycles. The zero-order valence-electron chi connectivity index (χ0n) is 23.5. The molecular formula is C32H32BBrN2O7. The Balaban J connectivity index is 0.000000142. The third-order valence-corrected chi connectivity index (χ3v) is 7.79. The SMILES string of the molecule is Brc1ccc2c(c1)CC2.C1CCOC1.O=[N+]([O-])c1cccc(-c2ccc3c(c2)CC3)c1.O=[N+]([O-])c1cccc(B(O)O)c1. The summed E-state index contributed by atoms with van der Waals surface area (Å²) < 4.78 is 6.15. The van der Waals surface area contributed by atoms with Crippen molar-refractivity contribution in [3.63, 3.8) is 0 Å². The van der Waals surface area contributed by atoms with Gasteiger partial charge in [-0.05, 0) is 89.5 Å². The van der Waals surface area contributed by atoms with Crippen molar-refractivity contribution in [3.05, 3.63) is 132 Å². The van der Waals surface area contributed by atoms with Crippen molar-refractivity contribution in [1.29, 1.82) is 0 Å². The van der Waals surface area contributed by atoms with Gasteiger partial charge in [-0.2, -0.15) is 0 Å². The molecule has 0 amide bonds. The highest BCUT2D eigenvalue weighted by Crippen LogP contribution is 2.30. The maximum atomic E-state index is 10.7. The molecule has 4 aromatic rings. The average molecular weight is 647 g/mol. The third-order valence-electron chi connectivity index (χ3n) is 7.30. The molecule has 0 unspecified atom stereocenters. The van der Waals surface area contributed by atoms with Crippen LogP contribution in [0.2, 0.25) is 0 Å². The molecule has 9 nitrogen and oxygen atoms in total. The summed E-state index contributed by atoms with van der Waals surface area (Å²) in [6.07, 6.45) is 7.39. The summed E-state index contributed by atoms with van der Waals surface area (Å²) in [6.45, 7) is 2.00. The highest BCUT2D eigenvalue weighted by Gasteiger charge is 2.15. The van der Waals surface area contributed by atoms with E-state index in [2.05, 4.69) is 46.3 Å². The average Bonchev–Trinajstić information content (AvgIpc) is 3.57. The van der Waals surface area contributed by atoms with E-state index in [1.807, 2.05) is 12.1 Å². The Hall–Kier alpha value is -3.90. The molecule has 1 fully saturated rings. The van der Waals surface area contributed by atoms with E-state index in [9.17, 15) is 20.2 Å². The lowest BCUT2D eigenvalue weighted by atomic mass is 9.80. The summed E-state index contributed by atoms with van der Waals surface area (Å²) >= 11 is 3.43. The molecule has 1 aliphatic heterocycles. The molecule has 0 aromatic heterocycles. The number of nitrogens with zero attached hydrogens (tertiary/aromatic N) is 2. The van der Waals surface area contributed by atoms with Gasteiger partial charge in [0.15, 0.2) is 0 Å². The highest BCUT2D eigenvalue weighted by atomic mass is 79.9. The van der Waals surface area contributed by atoms with Gasteiger partial charge < -0.3 is 14.8 Å². The Bertz CT molecular complexity index is 1570. The van der Waals surface area contributed by atoms with Crippen LogP contribution in [0.1, 0.15) is 35.1 Å². The smallest absolute Gasteiger partial charge is 0.423 e. The molecule has 11 heteroatoms. The fourth-order valence-corrected chi connectivity index (χ4v) is 5.06. The molecule has 0 radical (unpaired) electrons. The quantitative estimate of drug-likeness (QED) is 0.158. The third kappa shape index (κ3) is 9.29. The first-order valence-electron chi connectivity index (χ1n) is 14.0. The summed E-state index contributed by atoms with van der Waals surface area (Å²) in [7, 11) is -1.66. The number of hydrogen-bond donors (Lipinski definition) is 2. The molecule has 4 aromatic carbocycles. The summed E-state index contributed by atoms with van der Waals surface area (Å²) in [5, 5.41) is 38.3. The molecule has 0 bridgehead atoms. The number of ether oxygens (including phenoxy) is 1. The summed E-state index contributed by atoms with van der Waals surface area (Å²) in [4.78, 5) is 20.0. The number of nitro groups is 2. The minimum atomic E-state index is -1.66. The van der Waals surface area contributed by atoms with E-state index < -0.39 is 12.0 Å². The minimum absolute atomic E-state index is 0.115. The van der Waals surface area contributed by atoms with E-state index >= 15 is 0 Å². The number of hydrogen-bond acceptors (Lipinski definition) is 7. The number of nitro benzene ring substituents is 2. The van der Waals surface area contributed by atoms with Gasteiger partial charge in [-0.1, -0.05) is 64.5 Å². The number of fused-ring (bicyclic) bond motifs is 2. The summed E-state index contributed by atoms with van der Waals surface area (Å²) in [6, 6.07) is 24.8. The van der Waals surface area contributed by atoms with Crippen LogP contribution >= 0.6 is 15.9 Å². The Kier molecular flexibility index (Phi) is 11.6. The van der Waals surface area contributed by atoms with E-state index in [0.717, 1.165) is 43.2 Å². The van der Waals surface area contributed by atoms with Crippen LogP contribution < -0.4 is 5.46 Å². The Morgan fingerprint density at radius 2 is 1.19 bits per heavy atom. The normalized spacial score (nSPS) is 13.5. The number of benzene rings is 4. The van der Waals surface area contributed by atoms with Crippen LogP contribution in [0.5, 0.6) is 0 Å². The van der Waals surface area contributed by atoms with Crippen LogP contribution in [-0.4, -0.2) is 40.2 Å². The van der Waals surface area contributed by atoms with Gasteiger partial charge in [0.2, 0.25) is 0 Å². The largest absolute Gasteiger partial charge is 0.488 e. The van der Waals surface area contributed by atoms with Crippen LogP contribution in [0.25, 0.3) is 11.1 Å². The zero-order valence-corrected chi connectivity index (χ0v) is 25.1. The van der Waals surface area contributed by atoms with Gasteiger partial charge in [-0.3, -0.25) is 20.2 Å². The Labute approximate surface area is 258 Å². The molecule has 43 heavy (non-hydrogen) atoms. The van der Waals surface area contributed by atoms with Crippen molar-refractivity contribution < 1.29 is 24.6 Å². The van der Waals surface area contributed by atoms with Crippen molar-refractivity contribution in [2.24, 2.45) is 0 Å². The molecule has 222 valence electrons. The molecule has 7 rings (SSSR count). The molecule has 2 aliphatic carbocycles. The first-order valence-corrected chi connectivity index (χ1v) is 14.8. The second-order valence-corrected chi connectivity index (χ2v) is 11.2. The summed E-state index contributed by atoms with van der Waals surface area (Å²) in [5.41, 5.74) is 7.90. The zero-order chi connectivity index (χ0) is 30.8. The van der Waals surface area contributed by atoms with Crippen LogP contribution in [0.3, 0.4) is 0 Å². The molecule has 2 N–H and O–H groups in total. The second-order valence-electron chi connectivity index (χ2n) is 10.2. The van der Waals surface area contributed by atoms with Gasteiger partial charge in [0.05, 0.1) is 9.85 Å². The van der Waals surface area contributed by atoms with E-state index in [4.69, 9.17) is 14.8 Å². The van der Waals surface area contributed by atoms with E-state index in [-0.39, 0.29) is 21.8 Å². The number of halogens is 1. The fourth-order valence-electron chi connectivity index (χ4n) is 4.65. The van der Waals surface area contributed by atoms with Gasteiger partial charge in [0, 0.05) is 42.0 Å². The van der Waals surface area contributed by atoms with Crippen LogP contribution in [-0.2, 0) is 30.4 Å². The van der Waals surface area contributed by atoms with Crippen molar-refractivity contribution in [2.45, 2.75) is 38.5 Å². The first-order chi connectivity index (χ1) is 20.7. The van der Waals surface area contributed by atoms with E-state index in [1.165, 1.54) is 76.7 Å². The Morgan fingerprint density at radius 1 is 0.651 bits per heavy atom. The van der Waals surface area contributed by atoms with Crippen molar-refractivity contribution in [1.82, 2.24) is 0 Å². The predicted octanol–water partition coefficient (Wildman–Crippen LogP) is 5.98. The summed E-state index contributed by atoms with van der Waals surface area (Å²) in [5.74, 6) is 0. The second kappa shape index (κ2) is 15.5. The van der Waals surface area contributed by atoms with Crippen LogP contribution in [0.4, 0.5) is 11.4 Å². The fraction of sp³-hybridized carbons (Fsp3) is 0.250. The molecular weight excluding hydrogens is 615 g/mol. The lowest BCUT2D eigenvalue weighted by Crippen LogP contribution is -2.29. The van der Waals surface area contributed by atoms with Gasteiger partial charge >= 0.3 is 7.12 Å². The maximum Gasteiger partial charge on any atom is 0.488 e. The lowest BCUT2D eigenvalue weighted by molar-refractivity contribution is -0.385. The number of rotatable bonds is 4. The van der Waals surface area contributed by atoms with Crippen molar-refractivity contribution in [2.75, 3.05) is 13.2 Å². The maximum absolute atomic E-state index is 10.7. The molecule has 0 saturated carbocycles. The Morgan fingerprint density at radius 3 is 1.65 bits per heavy atom. The molecule has 0 spiro atoms. The van der Waals surface area contributed by atoms with Crippen LogP contribution in [0.15, 0.2) is 89.4 Å². The topological polar surface area (TPSA) is 136 Å². The van der Waals surface area contributed by atoms with E-state index in [0.29, 0.717) is 0 Å². The first kappa shape index (κ1) is 32.0. The van der Waals surface area contributed by atoms with E-state index in [1.54, 1.807) is 12.1 Å². The monoisotopic (exact) mass is 646 g/mol. The van der Waals surface area contributed by atoms with Crippen LogP contribution in [0, 0.1) is 20.2 Å². The standard InChI is InChI=1S/C14H11NO2.C8H7Br.C6H6BNO4.C4H8O/c16-15(17)14-3-1-2-11(9-14)13-7-5-10-4-6-12(10)8-13;9-8-4-3-6-1-2-7(6)5-8;9-7(10)5-2-1-3-6(4-5)8(11)12;1-2-4-5-3-1/h1-3,5,7-9H,4,6H2;3-5H,1-2H2;1-4,9-10H;1-4H2. The van der Waals surface area contributed by atoms with Crippen molar-refractivity contribution >= 4 is 39.9 Å². The predicted molar refractivity (Wildman–Crippen MR) is 170 cm³/mol. The lowest BCUT2D eigenvalue weighted by Gasteiger charge is -2.19. The van der Waals surface area contributed by atoms with Gasteiger partial charge in [0.25, 0.3) is 11.4 Å². The van der Waals surface area contributed by atoms with Gasteiger partial charge in [-0.15, -0.1) is 0 Å². The van der Waals surface area contributed by atoms with Gasteiger partial charge in [0.1, 0.15) is 0 Å². The molecule has 1 saturated heterocycles. The number of non-ortho nitro benzene ring substituents is 2. The number of aryl methyl sites for hydroxylation is 4. The molecule has 3 aliphatic rings. The molecule has 0 atom stereocenters. The highest BCUT2D eigenvalue weighted by molar-refractivity contribution is 9.10. The minimum Gasteiger partial charge on any atom is -0.423 e.